The van der Waals surface area contributed by atoms with Crippen molar-refractivity contribution in [2.24, 2.45) is 11.7 Å². The number of halogens is 1. The number of H-pyrrole nitrogens is 1. The number of hydrogen-bond donors (Lipinski definition) is 3. The highest BCUT2D eigenvalue weighted by Crippen LogP contribution is 2.45. The summed E-state index contributed by atoms with van der Waals surface area (Å²) in [5.41, 5.74) is 0.157. The average molecular weight is 403 g/mol. The Morgan fingerprint density at radius 2 is 2.14 bits per heavy atom. The van der Waals surface area contributed by atoms with Gasteiger partial charge in [0.2, 0.25) is 5.85 Å². The average Bonchev–Trinajstić information content (AvgIpc) is 2.84. The number of alkyl halides is 1. The molecule has 2 rings (SSSR count). The Bertz CT molecular complexity index is 936. The molecule has 4 N–H and O–H groups in total. The SMILES string of the molecule is [B]C([B])(OC(=O)[C@@H](N)C(C)C)[C@]1(F)C[C@@H](O)[C@]([B])(n2cc(C=O)c(=O)[nH]c2=O)O1. The second kappa shape index (κ2) is 7.58. The Morgan fingerprint density at radius 3 is 2.66 bits per heavy atom. The molecule has 14 heteroatoms. The lowest BCUT2D eigenvalue weighted by Gasteiger charge is -2.40. The van der Waals surface area contributed by atoms with Gasteiger partial charge in [-0.2, -0.15) is 0 Å². The van der Waals surface area contributed by atoms with E-state index in [4.69, 9.17) is 38.7 Å². The van der Waals surface area contributed by atoms with Crippen molar-refractivity contribution in [3.8, 4) is 0 Å². The number of ether oxygens (including phenoxy) is 2. The summed E-state index contributed by atoms with van der Waals surface area (Å²) in [5, 5.41) is 7.32. The molecule has 6 radical (unpaired) electrons. The summed E-state index contributed by atoms with van der Waals surface area (Å²) in [4.78, 5) is 48.4. The van der Waals surface area contributed by atoms with Gasteiger partial charge in [0.1, 0.15) is 35.2 Å². The van der Waals surface area contributed by atoms with Crippen molar-refractivity contribution >= 4 is 35.8 Å². The maximum Gasteiger partial charge on any atom is 0.330 e. The molecule has 10 nitrogen and oxygen atoms in total. The fourth-order valence-electron chi connectivity index (χ4n) is 2.63. The highest BCUT2D eigenvalue weighted by atomic mass is 19.2. The number of aromatic nitrogens is 2. The first kappa shape index (κ1) is 23.1. The molecule has 0 spiro atoms. The molecule has 29 heavy (non-hydrogen) atoms. The lowest BCUT2D eigenvalue weighted by atomic mass is 9.59. The van der Waals surface area contributed by atoms with Crippen LogP contribution >= 0.6 is 0 Å². The van der Waals surface area contributed by atoms with Gasteiger partial charge in [-0.3, -0.25) is 23.9 Å². The van der Waals surface area contributed by atoms with E-state index in [0.29, 0.717) is 10.8 Å². The van der Waals surface area contributed by atoms with Crippen LogP contribution in [-0.4, -0.2) is 73.9 Å². The van der Waals surface area contributed by atoms with Gasteiger partial charge in [0.15, 0.2) is 6.29 Å². The van der Waals surface area contributed by atoms with Crippen molar-refractivity contribution in [2.45, 2.75) is 49.3 Å². The summed E-state index contributed by atoms with van der Waals surface area (Å²) in [7, 11) is 17.0. The van der Waals surface area contributed by atoms with Crippen LogP contribution in [0.3, 0.4) is 0 Å². The highest BCUT2D eigenvalue weighted by Gasteiger charge is 2.62. The Kier molecular flexibility index (Phi) is 6.04. The zero-order valence-electron chi connectivity index (χ0n) is 15.6. The van der Waals surface area contributed by atoms with Crippen molar-refractivity contribution in [1.29, 1.82) is 0 Å². The fourth-order valence-corrected chi connectivity index (χ4v) is 2.63. The third-order valence-electron chi connectivity index (χ3n) is 4.58. The maximum absolute atomic E-state index is 15.5. The van der Waals surface area contributed by atoms with Crippen molar-refractivity contribution < 1.29 is 28.6 Å². The number of hydrogen-bond acceptors (Lipinski definition) is 8. The van der Waals surface area contributed by atoms with Gasteiger partial charge in [-0.05, 0) is 5.92 Å². The third-order valence-corrected chi connectivity index (χ3v) is 4.58. The van der Waals surface area contributed by atoms with Crippen LogP contribution in [0.1, 0.15) is 30.6 Å². The minimum absolute atomic E-state index is 0.105. The number of carbonyl (C=O) groups is 2. The summed E-state index contributed by atoms with van der Waals surface area (Å²) >= 11 is 0. The second-order valence-electron chi connectivity index (χ2n) is 7.12. The lowest BCUT2D eigenvalue weighted by molar-refractivity contribution is -0.232. The summed E-state index contributed by atoms with van der Waals surface area (Å²) < 4.78 is 25.6. The van der Waals surface area contributed by atoms with Gasteiger partial charge in [-0.15, -0.1) is 0 Å². The quantitative estimate of drug-likeness (QED) is 0.260. The van der Waals surface area contributed by atoms with E-state index in [1.165, 1.54) is 0 Å². The first-order chi connectivity index (χ1) is 13.2. The molecule has 1 aliphatic heterocycles. The van der Waals surface area contributed by atoms with Crippen LogP contribution in [-0.2, 0) is 19.9 Å². The molecule has 0 aliphatic carbocycles. The van der Waals surface area contributed by atoms with Crippen LogP contribution in [0.4, 0.5) is 4.39 Å². The zero-order chi connectivity index (χ0) is 22.4. The van der Waals surface area contributed by atoms with Gasteiger partial charge in [0.25, 0.3) is 5.56 Å². The standard InChI is InChI=1S/C15H17B3FN3O7/c1-6(2)9(20)11(26)28-15(17,18)13(19)3-8(24)14(16,29-13)22-4-7(5-23)10(25)21-12(22)27/h4-6,8-9,24H,3,20H2,1-2H3,(H,21,25,27)/t8-,9+,13+,14+/m1/s1. The first-order valence-corrected chi connectivity index (χ1v) is 8.42. The van der Waals surface area contributed by atoms with Crippen LogP contribution in [0.2, 0.25) is 0 Å². The third kappa shape index (κ3) is 3.96. The van der Waals surface area contributed by atoms with Crippen LogP contribution in [0.25, 0.3) is 0 Å². The van der Waals surface area contributed by atoms with Gasteiger partial charge in [-0.25, -0.2) is 9.18 Å². The van der Waals surface area contributed by atoms with Crippen molar-refractivity contribution in [3.05, 3.63) is 32.6 Å². The maximum atomic E-state index is 15.5. The van der Waals surface area contributed by atoms with E-state index in [2.05, 4.69) is 0 Å². The van der Waals surface area contributed by atoms with Crippen molar-refractivity contribution in [2.75, 3.05) is 0 Å². The molecule has 0 unspecified atom stereocenters. The number of aliphatic hydroxyl groups excluding tert-OH is 1. The predicted octanol–water partition coefficient (Wildman–Crippen LogP) is -2.91. The van der Waals surface area contributed by atoms with Gasteiger partial charge in [-0.1, -0.05) is 13.8 Å². The largest absolute Gasteiger partial charge is 0.473 e. The van der Waals surface area contributed by atoms with E-state index in [1.807, 2.05) is 0 Å². The number of rotatable bonds is 6. The van der Waals surface area contributed by atoms with Crippen LogP contribution in [0, 0.1) is 5.92 Å². The zero-order valence-corrected chi connectivity index (χ0v) is 15.6. The molecule has 4 atom stereocenters. The summed E-state index contributed by atoms with van der Waals surface area (Å²) in [6, 6.07) is -1.18. The summed E-state index contributed by atoms with van der Waals surface area (Å²) in [6.45, 7) is 3.19. The molecule has 1 aliphatic rings. The molecule has 0 bridgehead atoms. The number of aliphatic hydroxyl groups is 1. The number of nitrogens with zero attached hydrogens (tertiary/aromatic N) is 1. The summed E-state index contributed by atoms with van der Waals surface area (Å²) in [6.07, 6.45) is -2.21. The van der Waals surface area contributed by atoms with Gasteiger partial charge in [0, 0.05) is 12.6 Å². The molecule has 150 valence electrons. The Morgan fingerprint density at radius 1 is 1.55 bits per heavy atom. The molecule has 0 saturated carbocycles. The molecule has 1 aromatic rings. The van der Waals surface area contributed by atoms with Crippen molar-refractivity contribution in [3.63, 3.8) is 0 Å². The van der Waals surface area contributed by atoms with Gasteiger partial charge < -0.3 is 20.3 Å². The molecule has 0 amide bonds. The normalized spacial score (nSPS) is 28.3. The highest BCUT2D eigenvalue weighted by molar-refractivity contribution is 6.40. The van der Waals surface area contributed by atoms with E-state index >= 15 is 4.39 Å². The summed E-state index contributed by atoms with van der Waals surface area (Å²) in [5.74, 6) is -4.80. The Labute approximate surface area is 168 Å². The van der Waals surface area contributed by atoms with E-state index in [9.17, 15) is 24.3 Å². The smallest absolute Gasteiger partial charge is 0.330 e. The number of nitrogens with two attached hydrogens (primary N) is 1. The first-order valence-electron chi connectivity index (χ1n) is 8.42. The Balaban J connectivity index is 2.43. The molecule has 0 aromatic carbocycles. The lowest BCUT2D eigenvalue weighted by Crippen LogP contribution is -2.59. The monoisotopic (exact) mass is 403 g/mol. The molecule has 2 heterocycles. The van der Waals surface area contributed by atoms with E-state index in [1.54, 1.807) is 18.8 Å². The number of nitrogens with one attached hydrogen (secondary N) is 1. The topological polar surface area (TPSA) is 154 Å². The molecular formula is C15H17B3FN3O7. The van der Waals surface area contributed by atoms with Crippen LogP contribution in [0.5, 0.6) is 0 Å². The van der Waals surface area contributed by atoms with Crippen LogP contribution < -0.4 is 17.0 Å². The van der Waals surface area contributed by atoms with Gasteiger partial charge >= 0.3 is 11.7 Å². The van der Waals surface area contributed by atoms with E-state index in [-0.39, 0.29) is 12.2 Å². The van der Waals surface area contributed by atoms with Crippen LogP contribution in [0.15, 0.2) is 15.8 Å². The molecule has 1 fully saturated rings. The Hall–Kier alpha value is -2.18. The number of aromatic amines is 1. The minimum Gasteiger partial charge on any atom is -0.473 e. The molecule has 1 saturated heterocycles. The number of esters is 1. The fraction of sp³-hybridized carbons (Fsp3) is 0.600. The van der Waals surface area contributed by atoms with E-state index < -0.39 is 58.2 Å². The number of aldehydes is 1. The number of carbonyl (C=O) groups excluding carboxylic acids is 2. The van der Waals surface area contributed by atoms with E-state index in [0.717, 1.165) is 0 Å². The van der Waals surface area contributed by atoms with Crippen molar-refractivity contribution in [1.82, 2.24) is 9.55 Å². The minimum atomic E-state index is -3.27. The predicted molar refractivity (Wildman–Crippen MR) is 99.1 cm³/mol. The second-order valence-corrected chi connectivity index (χ2v) is 7.12. The van der Waals surface area contributed by atoms with Gasteiger partial charge in [0.05, 0.1) is 17.1 Å². The molecular weight excluding hydrogens is 386 g/mol. The molecule has 1 aromatic heterocycles.